The predicted molar refractivity (Wildman–Crippen MR) is 105 cm³/mol. The number of thiocarbonyl (C=S) groups is 1. The maximum atomic E-state index is 11.8. The summed E-state index contributed by atoms with van der Waals surface area (Å²) in [5.74, 6) is 1.17. The van der Waals surface area contributed by atoms with E-state index in [0.29, 0.717) is 20.7 Å². The molecule has 1 amide bonds. The molecule has 23 heavy (non-hydrogen) atoms. The molecule has 2 aromatic rings. The van der Waals surface area contributed by atoms with Gasteiger partial charge in [0.15, 0.2) is 0 Å². The van der Waals surface area contributed by atoms with Crippen molar-refractivity contribution in [1.82, 2.24) is 5.32 Å². The quantitative estimate of drug-likeness (QED) is 0.475. The van der Waals surface area contributed by atoms with Crippen molar-refractivity contribution >= 4 is 72.1 Å². The van der Waals surface area contributed by atoms with Crippen LogP contribution in [0.1, 0.15) is 5.56 Å². The van der Waals surface area contributed by atoms with Crippen LogP contribution in [0.2, 0.25) is 0 Å². The zero-order valence-corrected chi connectivity index (χ0v) is 16.3. The molecule has 0 aliphatic carbocycles. The van der Waals surface area contributed by atoms with Gasteiger partial charge < -0.3 is 10.1 Å². The SMILES string of the molecule is O=C1NC(=S)S/C1=C\c1cc(Br)ccc1Oc1ccccc1Br. The first-order valence-electron chi connectivity index (χ1n) is 6.50. The number of carbonyl (C=O) groups excluding carboxylic acids is 1. The summed E-state index contributed by atoms with van der Waals surface area (Å²) in [7, 11) is 0. The highest BCUT2D eigenvalue weighted by Crippen LogP contribution is 2.35. The zero-order valence-electron chi connectivity index (χ0n) is 11.5. The van der Waals surface area contributed by atoms with Crippen LogP contribution < -0.4 is 10.1 Å². The molecule has 0 saturated carbocycles. The van der Waals surface area contributed by atoms with E-state index in [2.05, 4.69) is 37.2 Å². The Morgan fingerprint density at radius 1 is 1.13 bits per heavy atom. The molecule has 2 aromatic carbocycles. The summed E-state index contributed by atoms with van der Waals surface area (Å²) in [4.78, 5) is 12.4. The number of amides is 1. The van der Waals surface area contributed by atoms with E-state index in [1.807, 2.05) is 42.5 Å². The van der Waals surface area contributed by atoms with Crippen LogP contribution in [0.15, 0.2) is 56.3 Å². The Morgan fingerprint density at radius 3 is 2.61 bits per heavy atom. The highest BCUT2D eigenvalue weighted by Gasteiger charge is 2.22. The van der Waals surface area contributed by atoms with Crippen LogP contribution in [0.4, 0.5) is 0 Å². The number of hydrogen-bond acceptors (Lipinski definition) is 4. The minimum Gasteiger partial charge on any atom is -0.456 e. The van der Waals surface area contributed by atoms with Crippen molar-refractivity contribution in [3.63, 3.8) is 0 Å². The molecule has 7 heteroatoms. The van der Waals surface area contributed by atoms with Gasteiger partial charge in [-0.2, -0.15) is 0 Å². The second-order valence-electron chi connectivity index (χ2n) is 4.57. The molecular formula is C16H9Br2NO2S2. The standard InChI is InChI=1S/C16H9Br2NO2S2/c17-10-5-6-12(21-13-4-2-1-3-11(13)18)9(7-10)8-14-15(20)19-16(22)23-14/h1-8H,(H,19,20,22)/b14-8-. The van der Waals surface area contributed by atoms with Crippen molar-refractivity contribution in [3.8, 4) is 11.5 Å². The molecular weight excluding hydrogens is 462 g/mol. The van der Waals surface area contributed by atoms with Crippen LogP contribution in [0.3, 0.4) is 0 Å². The summed E-state index contributed by atoms with van der Waals surface area (Å²) >= 11 is 13.2. The summed E-state index contributed by atoms with van der Waals surface area (Å²) < 4.78 is 8.20. The normalized spacial score (nSPS) is 15.8. The molecule has 0 atom stereocenters. The smallest absolute Gasteiger partial charge is 0.263 e. The molecule has 0 bridgehead atoms. The van der Waals surface area contributed by atoms with Crippen molar-refractivity contribution in [2.24, 2.45) is 0 Å². The third-order valence-electron chi connectivity index (χ3n) is 2.96. The summed E-state index contributed by atoms with van der Waals surface area (Å²) in [6, 6.07) is 13.2. The number of carbonyl (C=O) groups is 1. The van der Waals surface area contributed by atoms with Gasteiger partial charge in [-0.3, -0.25) is 4.79 Å². The van der Waals surface area contributed by atoms with Crippen LogP contribution in [0, 0.1) is 0 Å². The number of benzene rings is 2. The lowest BCUT2D eigenvalue weighted by atomic mass is 10.2. The van der Waals surface area contributed by atoms with E-state index in [1.165, 1.54) is 11.8 Å². The third kappa shape index (κ3) is 4.03. The number of hydrogen-bond donors (Lipinski definition) is 1. The molecule has 0 unspecified atom stereocenters. The average molecular weight is 471 g/mol. The second kappa shape index (κ2) is 7.17. The largest absolute Gasteiger partial charge is 0.456 e. The van der Waals surface area contributed by atoms with E-state index in [-0.39, 0.29) is 5.91 Å². The van der Waals surface area contributed by atoms with E-state index in [0.717, 1.165) is 14.5 Å². The highest BCUT2D eigenvalue weighted by molar-refractivity contribution is 9.10. The van der Waals surface area contributed by atoms with Gasteiger partial charge >= 0.3 is 0 Å². The Labute approximate surface area is 159 Å². The van der Waals surface area contributed by atoms with Crippen molar-refractivity contribution < 1.29 is 9.53 Å². The second-order valence-corrected chi connectivity index (χ2v) is 8.06. The summed E-state index contributed by atoms with van der Waals surface area (Å²) in [6.45, 7) is 0. The average Bonchev–Trinajstić information content (AvgIpc) is 2.82. The van der Waals surface area contributed by atoms with Crippen LogP contribution in [-0.2, 0) is 4.79 Å². The minimum atomic E-state index is -0.188. The van der Waals surface area contributed by atoms with Gasteiger partial charge in [0, 0.05) is 10.0 Å². The minimum absolute atomic E-state index is 0.188. The van der Waals surface area contributed by atoms with Gasteiger partial charge in [-0.1, -0.05) is 52.0 Å². The number of rotatable bonds is 3. The molecule has 1 saturated heterocycles. The Morgan fingerprint density at radius 2 is 1.91 bits per heavy atom. The van der Waals surface area contributed by atoms with Crippen molar-refractivity contribution in [2.45, 2.75) is 0 Å². The first kappa shape index (κ1) is 16.7. The topological polar surface area (TPSA) is 38.3 Å². The fourth-order valence-corrected chi connectivity index (χ4v) is 3.71. The van der Waals surface area contributed by atoms with E-state index in [1.54, 1.807) is 6.08 Å². The number of halogens is 2. The molecule has 0 spiro atoms. The summed E-state index contributed by atoms with van der Waals surface area (Å²) in [5, 5.41) is 2.61. The maximum Gasteiger partial charge on any atom is 0.263 e. The first-order chi connectivity index (χ1) is 11.0. The summed E-state index contributed by atoms with van der Waals surface area (Å²) in [6.07, 6.45) is 1.77. The van der Waals surface area contributed by atoms with Gasteiger partial charge in [0.25, 0.3) is 5.91 Å². The fraction of sp³-hybridized carbons (Fsp3) is 0. The van der Waals surface area contributed by atoms with E-state index in [4.69, 9.17) is 17.0 Å². The molecule has 0 radical (unpaired) electrons. The van der Waals surface area contributed by atoms with Gasteiger partial charge in [0.1, 0.15) is 15.8 Å². The molecule has 3 rings (SSSR count). The molecule has 1 aliphatic heterocycles. The number of ether oxygens (including phenoxy) is 1. The van der Waals surface area contributed by atoms with Crippen LogP contribution in [0.25, 0.3) is 6.08 Å². The van der Waals surface area contributed by atoms with Gasteiger partial charge in [-0.15, -0.1) is 0 Å². The molecule has 116 valence electrons. The molecule has 1 N–H and O–H groups in total. The highest BCUT2D eigenvalue weighted by atomic mass is 79.9. The molecule has 1 fully saturated rings. The van der Waals surface area contributed by atoms with E-state index < -0.39 is 0 Å². The van der Waals surface area contributed by atoms with Gasteiger partial charge in [-0.25, -0.2) is 0 Å². The first-order valence-corrected chi connectivity index (χ1v) is 9.31. The zero-order chi connectivity index (χ0) is 16.4. The number of thioether (sulfide) groups is 1. The fourth-order valence-electron chi connectivity index (χ4n) is 1.93. The molecule has 1 heterocycles. The lowest BCUT2D eigenvalue weighted by Gasteiger charge is -2.11. The molecule has 3 nitrogen and oxygen atoms in total. The maximum absolute atomic E-state index is 11.8. The van der Waals surface area contributed by atoms with Gasteiger partial charge in [-0.05, 0) is 52.3 Å². The van der Waals surface area contributed by atoms with Crippen LogP contribution in [-0.4, -0.2) is 10.2 Å². The molecule has 1 aliphatic rings. The summed E-state index contributed by atoms with van der Waals surface area (Å²) in [5.41, 5.74) is 0.789. The van der Waals surface area contributed by atoms with Gasteiger partial charge in [0.05, 0.1) is 9.38 Å². The molecule has 0 aromatic heterocycles. The van der Waals surface area contributed by atoms with Crippen molar-refractivity contribution in [2.75, 3.05) is 0 Å². The van der Waals surface area contributed by atoms with Crippen LogP contribution >= 0.6 is 55.8 Å². The lowest BCUT2D eigenvalue weighted by Crippen LogP contribution is -2.17. The Balaban J connectivity index is 1.99. The lowest BCUT2D eigenvalue weighted by molar-refractivity contribution is -0.115. The monoisotopic (exact) mass is 469 g/mol. The predicted octanol–water partition coefficient (Wildman–Crippen LogP) is 5.49. The van der Waals surface area contributed by atoms with E-state index in [9.17, 15) is 4.79 Å². The third-order valence-corrected chi connectivity index (χ3v) is 5.27. The van der Waals surface area contributed by atoms with Crippen LogP contribution in [0.5, 0.6) is 11.5 Å². The Bertz CT molecular complexity index is 837. The van der Waals surface area contributed by atoms with Gasteiger partial charge in [0.2, 0.25) is 0 Å². The Kier molecular flexibility index (Phi) is 5.21. The van der Waals surface area contributed by atoms with Crippen molar-refractivity contribution in [1.29, 1.82) is 0 Å². The number of para-hydroxylation sites is 1. The Hall–Kier alpha value is -1.15. The van der Waals surface area contributed by atoms with E-state index >= 15 is 0 Å². The van der Waals surface area contributed by atoms with Crippen molar-refractivity contribution in [3.05, 3.63) is 61.9 Å². The number of nitrogens with one attached hydrogen (secondary N) is 1.